The van der Waals surface area contributed by atoms with Crippen LogP contribution in [0.5, 0.6) is 0 Å². The summed E-state index contributed by atoms with van der Waals surface area (Å²) < 4.78 is 32.3. The van der Waals surface area contributed by atoms with Gasteiger partial charge in [-0.2, -0.15) is 0 Å². The number of rotatable bonds is 2. The van der Waals surface area contributed by atoms with Gasteiger partial charge >= 0.3 is 5.97 Å². The Hall–Kier alpha value is -1.45. The smallest absolute Gasteiger partial charge is 0.312 e. The molecule has 0 aromatic heterocycles. The molecule has 0 atom stereocenters. The van der Waals surface area contributed by atoms with Gasteiger partial charge in [-0.15, -0.1) is 0 Å². The lowest BCUT2D eigenvalue weighted by Gasteiger charge is -2.32. The Morgan fingerprint density at radius 1 is 1.15 bits per heavy atom. The van der Waals surface area contributed by atoms with Crippen molar-refractivity contribution in [2.24, 2.45) is 5.41 Å². The van der Waals surface area contributed by atoms with Crippen molar-refractivity contribution in [3.63, 3.8) is 0 Å². The molecule has 0 bridgehead atoms. The van der Waals surface area contributed by atoms with Gasteiger partial charge in [-0.3, -0.25) is 4.79 Å². The first-order chi connectivity index (χ1) is 9.24. The molecule has 0 saturated heterocycles. The predicted octanol–water partition coefficient (Wildman–Crippen LogP) is 4.32. The Morgan fingerprint density at radius 2 is 1.75 bits per heavy atom. The van der Waals surface area contributed by atoms with Crippen molar-refractivity contribution in [2.45, 2.75) is 52.1 Å². The molecule has 0 spiro atoms. The number of ether oxygens (including phenoxy) is 1. The fourth-order valence-electron chi connectivity index (χ4n) is 2.51. The second kappa shape index (κ2) is 5.15. The molecule has 0 N–H and O–H groups in total. The van der Waals surface area contributed by atoms with Crippen molar-refractivity contribution in [3.8, 4) is 0 Å². The summed E-state index contributed by atoms with van der Waals surface area (Å²) in [6, 6.07) is 3.76. The van der Waals surface area contributed by atoms with Crippen molar-refractivity contribution in [3.05, 3.63) is 35.4 Å². The highest BCUT2D eigenvalue weighted by Crippen LogP contribution is 2.43. The third kappa shape index (κ3) is 2.84. The minimum absolute atomic E-state index is 0.316. The van der Waals surface area contributed by atoms with Crippen molar-refractivity contribution < 1.29 is 18.3 Å². The van der Waals surface area contributed by atoms with Gasteiger partial charge in [0.15, 0.2) is 11.6 Å². The van der Waals surface area contributed by atoms with E-state index in [1.807, 2.05) is 0 Å². The lowest BCUT2D eigenvalue weighted by molar-refractivity contribution is -0.170. The molecular formula is C16H20F2O2. The van der Waals surface area contributed by atoms with E-state index in [4.69, 9.17) is 4.74 Å². The Bertz CT molecular complexity index is 512. The van der Waals surface area contributed by atoms with Crippen molar-refractivity contribution in [2.75, 3.05) is 0 Å². The Kier molecular flexibility index (Phi) is 3.85. The lowest BCUT2D eigenvalue weighted by atomic mass is 9.90. The normalized spacial score (nSPS) is 18.1. The zero-order valence-electron chi connectivity index (χ0n) is 12.1. The minimum atomic E-state index is -0.902. The van der Waals surface area contributed by atoms with E-state index in [-0.39, 0.29) is 5.97 Å². The standard InChI is InChI=1S/C16H20F2O2/c1-15(2,3)14(19)20-16(8-4-5-9-16)11-6-7-12(17)13(18)10-11/h6-7,10H,4-5,8-9H2,1-3H3. The number of esters is 1. The van der Waals surface area contributed by atoms with E-state index in [2.05, 4.69) is 0 Å². The van der Waals surface area contributed by atoms with Crippen molar-refractivity contribution in [1.29, 1.82) is 0 Å². The van der Waals surface area contributed by atoms with Crippen LogP contribution in [-0.4, -0.2) is 5.97 Å². The molecule has 0 amide bonds. The summed E-state index contributed by atoms with van der Waals surface area (Å²) in [6.45, 7) is 5.34. The van der Waals surface area contributed by atoms with E-state index in [9.17, 15) is 13.6 Å². The first kappa shape index (κ1) is 14.9. The average Bonchev–Trinajstić information content (AvgIpc) is 2.81. The SMILES string of the molecule is CC(C)(C)C(=O)OC1(c2ccc(F)c(F)c2)CCCC1. The van der Waals surface area contributed by atoms with Crippen molar-refractivity contribution in [1.82, 2.24) is 0 Å². The Balaban J connectivity index is 2.34. The predicted molar refractivity (Wildman–Crippen MR) is 72.1 cm³/mol. The molecule has 2 nitrogen and oxygen atoms in total. The van der Waals surface area contributed by atoms with E-state index in [1.54, 1.807) is 20.8 Å². The molecule has 0 unspecified atom stereocenters. The van der Waals surface area contributed by atoms with Gasteiger partial charge in [0.2, 0.25) is 0 Å². The number of halogens is 2. The third-order valence-electron chi connectivity index (χ3n) is 3.76. The Labute approximate surface area is 118 Å². The third-order valence-corrected chi connectivity index (χ3v) is 3.76. The Morgan fingerprint density at radius 3 is 2.25 bits per heavy atom. The minimum Gasteiger partial charge on any atom is -0.454 e. The first-order valence-corrected chi connectivity index (χ1v) is 6.94. The molecule has 2 rings (SSSR count). The maximum absolute atomic E-state index is 13.5. The topological polar surface area (TPSA) is 26.3 Å². The molecule has 1 aliphatic carbocycles. The second-order valence-electron chi connectivity index (χ2n) is 6.47. The van der Waals surface area contributed by atoms with Crippen LogP contribution in [0.2, 0.25) is 0 Å². The van der Waals surface area contributed by atoms with Crippen LogP contribution in [0, 0.1) is 17.0 Å². The summed E-state index contributed by atoms with van der Waals surface area (Å²) in [5.41, 5.74) is -0.876. The molecule has 1 aromatic carbocycles. The molecular weight excluding hydrogens is 262 g/mol. The molecule has 0 aliphatic heterocycles. The van der Waals surface area contributed by atoms with Gasteiger partial charge < -0.3 is 4.74 Å². The molecule has 1 saturated carbocycles. The van der Waals surface area contributed by atoms with E-state index < -0.39 is 22.7 Å². The molecule has 110 valence electrons. The van der Waals surface area contributed by atoms with Crippen LogP contribution < -0.4 is 0 Å². The summed E-state index contributed by atoms with van der Waals surface area (Å²) in [6.07, 6.45) is 3.13. The van der Waals surface area contributed by atoms with Gasteiger partial charge in [-0.05, 0) is 64.2 Å². The van der Waals surface area contributed by atoms with E-state index >= 15 is 0 Å². The molecule has 1 fully saturated rings. The summed E-state index contributed by atoms with van der Waals surface area (Å²) in [4.78, 5) is 12.2. The van der Waals surface area contributed by atoms with Gasteiger partial charge in [0.05, 0.1) is 5.41 Å². The number of benzene rings is 1. The quantitative estimate of drug-likeness (QED) is 0.755. The van der Waals surface area contributed by atoms with Gasteiger partial charge in [-0.25, -0.2) is 8.78 Å². The molecule has 1 aliphatic rings. The molecule has 4 heteroatoms. The highest BCUT2D eigenvalue weighted by Gasteiger charge is 2.42. The monoisotopic (exact) mass is 282 g/mol. The number of hydrogen-bond acceptors (Lipinski definition) is 2. The molecule has 0 heterocycles. The van der Waals surface area contributed by atoms with Gasteiger partial charge in [0, 0.05) is 0 Å². The fraction of sp³-hybridized carbons (Fsp3) is 0.562. The number of carbonyl (C=O) groups is 1. The summed E-state index contributed by atoms with van der Waals surface area (Å²) in [5.74, 6) is -2.10. The van der Waals surface area contributed by atoms with Crippen LogP contribution in [0.15, 0.2) is 18.2 Å². The molecule has 20 heavy (non-hydrogen) atoms. The van der Waals surface area contributed by atoms with Crippen LogP contribution in [0.3, 0.4) is 0 Å². The summed E-state index contributed by atoms with van der Waals surface area (Å²) in [5, 5.41) is 0. The number of hydrogen-bond donors (Lipinski definition) is 0. The number of carbonyl (C=O) groups excluding carboxylic acids is 1. The van der Waals surface area contributed by atoms with Crippen LogP contribution in [0.4, 0.5) is 8.78 Å². The van der Waals surface area contributed by atoms with E-state index in [0.717, 1.165) is 25.0 Å². The van der Waals surface area contributed by atoms with E-state index in [1.165, 1.54) is 6.07 Å². The highest BCUT2D eigenvalue weighted by atomic mass is 19.2. The van der Waals surface area contributed by atoms with Crippen LogP contribution in [-0.2, 0) is 15.1 Å². The van der Waals surface area contributed by atoms with Crippen LogP contribution >= 0.6 is 0 Å². The van der Waals surface area contributed by atoms with Gasteiger partial charge in [0.1, 0.15) is 5.60 Å². The van der Waals surface area contributed by atoms with Gasteiger partial charge in [0.25, 0.3) is 0 Å². The fourth-order valence-corrected chi connectivity index (χ4v) is 2.51. The maximum Gasteiger partial charge on any atom is 0.312 e. The van der Waals surface area contributed by atoms with Crippen molar-refractivity contribution >= 4 is 5.97 Å². The average molecular weight is 282 g/mol. The van der Waals surface area contributed by atoms with Gasteiger partial charge in [-0.1, -0.05) is 6.07 Å². The summed E-state index contributed by atoms with van der Waals surface area (Å²) in [7, 11) is 0. The highest BCUT2D eigenvalue weighted by molar-refractivity contribution is 5.76. The molecule has 1 aromatic rings. The maximum atomic E-state index is 13.5. The first-order valence-electron chi connectivity index (χ1n) is 6.94. The zero-order valence-corrected chi connectivity index (χ0v) is 12.1. The van der Waals surface area contributed by atoms with E-state index in [0.29, 0.717) is 18.4 Å². The molecule has 0 radical (unpaired) electrons. The zero-order chi connectivity index (χ0) is 15.0. The lowest BCUT2D eigenvalue weighted by Crippen LogP contribution is -2.35. The largest absolute Gasteiger partial charge is 0.454 e. The van der Waals surface area contributed by atoms with Crippen LogP contribution in [0.1, 0.15) is 52.0 Å². The second-order valence-corrected chi connectivity index (χ2v) is 6.47. The van der Waals surface area contributed by atoms with Crippen LogP contribution in [0.25, 0.3) is 0 Å². The summed E-state index contributed by atoms with van der Waals surface area (Å²) >= 11 is 0.